The topological polar surface area (TPSA) is 98.5 Å². The maximum Gasteiger partial charge on any atom is 0.417 e. The molecular weight excluding hydrogens is 447 g/mol. The number of alkyl halides is 3. The van der Waals surface area contributed by atoms with Gasteiger partial charge in [-0.05, 0) is 18.2 Å². The highest BCUT2D eigenvalue weighted by Crippen LogP contribution is 2.33. The van der Waals surface area contributed by atoms with Gasteiger partial charge in [-0.2, -0.15) is 17.7 Å². The van der Waals surface area contributed by atoms with Crippen LogP contribution in [0.4, 0.5) is 13.2 Å². The van der Waals surface area contributed by atoms with Crippen molar-refractivity contribution in [3.63, 3.8) is 0 Å². The van der Waals surface area contributed by atoms with E-state index in [9.17, 15) is 21.6 Å². The fourth-order valence-corrected chi connectivity index (χ4v) is 4.20. The Morgan fingerprint density at radius 1 is 0.938 bits per heavy atom. The Balaban J connectivity index is 1.44. The van der Waals surface area contributed by atoms with Crippen molar-refractivity contribution < 1.29 is 26.3 Å². The normalized spacial score (nSPS) is 12.2. The highest BCUT2D eigenvalue weighted by molar-refractivity contribution is 7.89. The molecule has 0 atom stereocenters. The maximum atomic E-state index is 13.1. The number of sulfonamides is 1. The molecule has 0 radical (unpaired) electrons. The first kappa shape index (κ1) is 21.7. The number of nitrogens with one attached hydrogen (secondary N) is 1. The lowest BCUT2D eigenvalue weighted by Crippen LogP contribution is -2.30. The molecule has 0 aliphatic rings. The molecule has 2 heterocycles. The van der Waals surface area contributed by atoms with Crippen LogP contribution in [0.1, 0.15) is 5.56 Å². The lowest BCUT2D eigenvalue weighted by Gasteiger charge is -2.13. The van der Waals surface area contributed by atoms with Gasteiger partial charge in [0.25, 0.3) is 0 Å². The van der Waals surface area contributed by atoms with Gasteiger partial charge in [0.05, 0.1) is 10.5 Å². The van der Waals surface area contributed by atoms with E-state index in [1.165, 1.54) is 16.6 Å². The molecule has 0 aliphatic heterocycles. The smallest absolute Gasteiger partial charge is 0.417 e. The van der Waals surface area contributed by atoms with Crippen LogP contribution in [-0.4, -0.2) is 41.4 Å². The van der Waals surface area contributed by atoms with Crippen LogP contribution in [0.5, 0.6) is 5.88 Å². The van der Waals surface area contributed by atoms with Gasteiger partial charge in [0, 0.05) is 18.2 Å². The minimum absolute atomic E-state index is 0.158. The van der Waals surface area contributed by atoms with Gasteiger partial charge in [-0.1, -0.05) is 42.5 Å². The van der Waals surface area contributed by atoms with Gasteiger partial charge in [0.15, 0.2) is 11.5 Å². The van der Waals surface area contributed by atoms with E-state index >= 15 is 0 Å². The molecular formula is C20H16F3N5O3S. The molecule has 0 unspecified atom stereocenters. The summed E-state index contributed by atoms with van der Waals surface area (Å²) in [5.74, 6) is 0.667. The summed E-state index contributed by atoms with van der Waals surface area (Å²) in [5.41, 5.74) is 0.0444. The van der Waals surface area contributed by atoms with Crippen molar-refractivity contribution in [3.05, 3.63) is 72.3 Å². The van der Waals surface area contributed by atoms with Crippen LogP contribution in [-0.2, 0) is 16.2 Å². The molecule has 0 aliphatic carbocycles. The van der Waals surface area contributed by atoms with Crippen molar-refractivity contribution in [2.45, 2.75) is 11.1 Å². The van der Waals surface area contributed by atoms with Gasteiger partial charge >= 0.3 is 6.18 Å². The Kier molecular flexibility index (Phi) is 5.80. The molecule has 0 spiro atoms. The minimum atomic E-state index is -4.80. The predicted octanol–water partition coefficient (Wildman–Crippen LogP) is 3.17. The van der Waals surface area contributed by atoms with Gasteiger partial charge in [-0.3, -0.25) is 0 Å². The third-order valence-electron chi connectivity index (χ3n) is 4.40. The van der Waals surface area contributed by atoms with E-state index in [0.29, 0.717) is 17.5 Å². The zero-order valence-electron chi connectivity index (χ0n) is 16.3. The van der Waals surface area contributed by atoms with E-state index in [0.717, 1.165) is 17.7 Å². The largest absolute Gasteiger partial charge is 0.475 e. The summed E-state index contributed by atoms with van der Waals surface area (Å²) in [6, 6.07) is 16.4. The Bertz CT molecular complexity index is 1340. The summed E-state index contributed by atoms with van der Waals surface area (Å²) >= 11 is 0. The molecule has 4 aromatic rings. The fourth-order valence-electron chi connectivity index (χ4n) is 2.96. The molecule has 32 heavy (non-hydrogen) atoms. The standard InChI is InChI=1S/C20H16F3N5O3S/c21-20(22,23)15-8-4-5-9-16(15)32(29,30)24-12-13-31-18-11-10-17-25-26-19(28(17)27-18)14-6-2-1-3-7-14/h1-11,24H,12-13H2. The van der Waals surface area contributed by atoms with Crippen LogP contribution in [0.3, 0.4) is 0 Å². The summed E-state index contributed by atoms with van der Waals surface area (Å²) in [6.07, 6.45) is -4.80. The summed E-state index contributed by atoms with van der Waals surface area (Å²) in [6.45, 7) is -0.420. The van der Waals surface area contributed by atoms with Crippen LogP contribution in [0.25, 0.3) is 17.0 Å². The Morgan fingerprint density at radius 3 is 2.41 bits per heavy atom. The number of aromatic nitrogens is 4. The first-order valence-electron chi connectivity index (χ1n) is 9.32. The molecule has 0 saturated carbocycles. The van der Waals surface area contributed by atoms with E-state index in [1.807, 2.05) is 30.3 Å². The Labute approximate surface area is 180 Å². The fraction of sp³-hybridized carbons (Fsp3) is 0.150. The van der Waals surface area contributed by atoms with E-state index < -0.39 is 26.7 Å². The first-order valence-corrected chi connectivity index (χ1v) is 10.8. The monoisotopic (exact) mass is 463 g/mol. The summed E-state index contributed by atoms with van der Waals surface area (Å²) in [4.78, 5) is -0.843. The zero-order chi connectivity index (χ0) is 22.8. The van der Waals surface area contributed by atoms with Gasteiger partial charge in [0.2, 0.25) is 15.9 Å². The van der Waals surface area contributed by atoms with Crippen molar-refractivity contribution in [2.24, 2.45) is 0 Å². The maximum absolute atomic E-state index is 13.1. The second-order valence-corrected chi connectivity index (χ2v) is 8.31. The average Bonchev–Trinajstić information content (AvgIpc) is 3.20. The minimum Gasteiger partial charge on any atom is -0.475 e. The quantitative estimate of drug-likeness (QED) is 0.423. The number of ether oxygens (including phenoxy) is 1. The summed E-state index contributed by atoms with van der Waals surface area (Å²) in [5, 5.41) is 12.4. The van der Waals surface area contributed by atoms with Crippen molar-refractivity contribution >= 4 is 15.7 Å². The van der Waals surface area contributed by atoms with Crippen molar-refractivity contribution in [1.29, 1.82) is 0 Å². The SMILES string of the molecule is O=S(=O)(NCCOc1ccc2nnc(-c3ccccc3)n2n1)c1ccccc1C(F)(F)F. The summed E-state index contributed by atoms with van der Waals surface area (Å²) < 4.78 is 73.1. The number of hydrogen-bond acceptors (Lipinski definition) is 6. The molecule has 2 aromatic carbocycles. The van der Waals surface area contributed by atoms with E-state index in [2.05, 4.69) is 20.0 Å². The number of nitrogens with zero attached hydrogens (tertiary/aromatic N) is 4. The number of rotatable bonds is 7. The lowest BCUT2D eigenvalue weighted by atomic mass is 10.2. The second kappa shape index (κ2) is 8.55. The molecule has 8 nitrogen and oxygen atoms in total. The molecule has 0 fully saturated rings. The van der Waals surface area contributed by atoms with Crippen LogP contribution in [0.2, 0.25) is 0 Å². The van der Waals surface area contributed by atoms with Crippen LogP contribution >= 0.6 is 0 Å². The first-order chi connectivity index (χ1) is 15.3. The van der Waals surface area contributed by atoms with Crippen molar-refractivity contribution in [1.82, 2.24) is 24.5 Å². The number of benzene rings is 2. The molecule has 2 aromatic heterocycles. The van der Waals surface area contributed by atoms with Crippen LogP contribution < -0.4 is 9.46 Å². The van der Waals surface area contributed by atoms with Gasteiger partial charge in [-0.25, -0.2) is 13.1 Å². The molecule has 4 rings (SSSR count). The third kappa shape index (κ3) is 4.55. The number of hydrogen-bond donors (Lipinski definition) is 1. The molecule has 12 heteroatoms. The third-order valence-corrected chi connectivity index (χ3v) is 5.92. The zero-order valence-corrected chi connectivity index (χ0v) is 17.1. The van der Waals surface area contributed by atoms with Crippen molar-refractivity contribution in [3.8, 4) is 17.3 Å². The molecule has 166 valence electrons. The van der Waals surface area contributed by atoms with Crippen molar-refractivity contribution in [2.75, 3.05) is 13.2 Å². The molecule has 0 amide bonds. The van der Waals surface area contributed by atoms with Gasteiger partial charge < -0.3 is 4.74 Å². The van der Waals surface area contributed by atoms with E-state index in [-0.39, 0.29) is 19.0 Å². The van der Waals surface area contributed by atoms with Crippen LogP contribution in [0, 0.1) is 0 Å². The van der Waals surface area contributed by atoms with Gasteiger partial charge in [0.1, 0.15) is 6.61 Å². The highest BCUT2D eigenvalue weighted by atomic mass is 32.2. The van der Waals surface area contributed by atoms with Crippen LogP contribution in [0.15, 0.2) is 71.6 Å². The van der Waals surface area contributed by atoms with E-state index in [4.69, 9.17) is 4.74 Å². The highest BCUT2D eigenvalue weighted by Gasteiger charge is 2.36. The predicted molar refractivity (Wildman–Crippen MR) is 108 cm³/mol. The average molecular weight is 463 g/mol. The number of fused-ring (bicyclic) bond motifs is 1. The molecule has 0 saturated heterocycles. The Hall–Kier alpha value is -3.51. The molecule has 0 bridgehead atoms. The number of halogens is 3. The van der Waals surface area contributed by atoms with E-state index in [1.54, 1.807) is 6.07 Å². The Morgan fingerprint density at radius 2 is 1.66 bits per heavy atom. The lowest BCUT2D eigenvalue weighted by molar-refractivity contribution is -0.139. The summed E-state index contributed by atoms with van der Waals surface area (Å²) in [7, 11) is -4.39. The molecule has 1 N–H and O–H groups in total. The van der Waals surface area contributed by atoms with Gasteiger partial charge in [-0.15, -0.1) is 15.3 Å². The second-order valence-electron chi connectivity index (χ2n) is 6.57.